The lowest BCUT2D eigenvalue weighted by Crippen LogP contribution is -2.35. The molecule has 3 fully saturated rings. The Hall–Kier alpha value is -2.88. The molecule has 1 aromatic carbocycles. The van der Waals surface area contributed by atoms with Crippen LogP contribution < -0.4 is 15.1 Å². The van der Waals surface area contributed by atoms with Gasteiger partial charge in [0.15, 0.2) is 0 Å². The molecule has 0 radical (unpaired) electrons. The van der Waals surface area contributed by atoms with Crippen molar-refractivity contribution in [2.24, 2.45) is 5.41 Å². The Balaban J connectivity index is 1.41. The molecule has 9 nitrogen and oxygen atoms in total. The molecule has 168 valence electrons. The number of anilines is 2. The van der Waals surface area contributed by atoms with Gasteiger partial charge in [-0.1, -0.05) is 0 Å². The second-order valence-electron chi connectivity index (χ2n) is 8.58. The molecule has 1 spiro atoms. The SMILES string of the molecule is CC(=O)NC[C@H]1CN(c2ccc(N3CCC4(CCN(C(=O)CO)C4)C3)c(F)c2)C(=O)O1. The summed E-state index contributed by atoms with van der Waals surface area (Å²) < 4.78 is 20.2. The summed E-state index contributed by atoms with van der Waals surface area (Å²) in [4.78, 5) is 40.0. The summed E-state index contributed by atoms with van der Waals surface area (Å²) in [6, 6.07) is 4.70. The predicted octanol–water partition coefficient (Wildman–Crippen LogP) is 0.708. The molecule has 2 N–H and O–H groups in total. The number of benzene rings is 1. The number of carbonyl (C=O) groups excluding carboxylic acids is 3. The van der Waals surface area contributed by atoms with E-state index in [9.17, 15) is 18.8 Å². The van der Waals surface area contributed by atoms with Gasteiger partial charge in [0.05, 0.1) is 24.5 Å². The summed E-state index contributed by atoms with van der Waals surface area (Å²) in [6.07, 6.45) is 0.642. The first-order chi connectivity index (χ1) is 14.8. The second kappa shape index (κ2) is 8.33. The van der Waals surface area contributed by atoms with E-state index in [0.717, 1.165) is 12.8 Å². The first-order valence-electron chi connectivity index (χ1n) is 10.5. The lowest BCUT2D eigenvalue weighted by molar-refractivity contribution is -0.133. The Kier molecular flexibility index (Phi) is 5.74. The van der Waals surface area contributed by atoms with Gasteiger partial charge in [-0.25, -0.2) is 9.18 Å². The minimum atomic E-state index is -0.567. The van der Waals surface area contributed by atoms with Crippen molar-refractivity contribution in [2.45, 2.75) is 25.9 Å². The first kappa shape index (κ1) is 21.4. The molecule has 1 aromatic rings. The van der Waals surface area contributed by atoms with Crippen LogP contribution in [0.5, 0.6) is 0 Å². The number of amides is 3. The number of hydrogen-bond acceptors (Lipinski definition) is 6. The van der Waals surface area contributed by atoms with Gasteiger partial charge in [0, 0.05) is 38.5 Å². The first-order valence-corrected chi connectivity index (χ1v) is 10.5. The van der Waals surface area contributed by atoms with Crippen LogP contribution in [0, 0.1) is 11.2 Å². The molecule has 10 heteroatoms. The molecule has 3 saturated heterocycles. The van der Waals surface area contributed by atoms with Gasteiger partial charge < -0.3 is 25.0 Å². The zero-order valence-electron chi connectivity index (χ0n) is 17.5. The van der Waals surface area contributed by atoms with E-state index in [4.69, 9.17) is 9.84 Å². The topological polar surface area (TPSA) is 102 Å². The molecule has 2 atom stereocenters. The minimum Gasteiger partial charge on any atom is -0.442 e. The number of likely N-dealkylation sites (tertiary alicyclic amines) is 1. The summed E-state index contributed by atoms with van der Waals surface area (Å²) >= 11 is 0. The van der Waals surface area contributed by atoms with Crippen molar-refractivity contribution in [1.82, 2.24) is 10.2 Å². The van der Waals surface area contributed by atoms with Gasteiger partial charge in [-0.05, 0) is 31.0 Å². The van der Waals surface area contributed by atoms with Crippen molar-refractivity contribution < 1.29 is 28.6 Å². The number of nitrogens with zero attached hydrogens (tertiary/aromatic N) is 3. The molecular weight excluding hydrogens is 407 g/mol. The van der Waals surface area contributed by atoms with Crippen molar-refractivity contribution in [1.29, 1.82) is 0 Å². The molecular formula is C21H27FN4O5. The quantitative estimate of drug-likeness (QED) is 0.708. The van der Waals surface area contributed by atoms with E-state index in [1.165, 1.54) is 17.9 Å². The van der Waals surface area contributed by atoms with E-state index in [0.29, 0.717) is 37.6 Å². The van der Waals surface area contributed by atoms with E-state index in [2.05, 4.69) is 5.32 Å². The van der Waals surface area contributed by atoms with Crippen LogP contribution in [0.4, 0.5) is 20.6 Å². The highest BCUT2D eigenvalue weighted by Crippen LogP contribution is 2.42. The molecule has 0 aromatic heterocycles. The highest BCUT2D eigenvalue weighted by Gasteiger charge is 2.45. The Morgan fingerprint density at radius 3 is 2.77 bits per heavy atom. The molecule has 3 heterocycles. The molecule has 3 amide bonds. The van der Waals surface area contributed by atoms with Gasteiger partial charge in [-0.2, -0.15) is 0 Å². The Morgan fingerprint density at radius 1 is 1.29 bits per heavy atom. The molecule has 3 aliphatic rings. The molecule has 3 aliphatic heterocycles. The lowest BCUT2D eigenvalue weighted by atomic mass is 9.86. The number of ether oxygens (including phenoxy) is 1. The summed E-state index contributed by atoms with van der Waals surface area (Å²) in [5.74, 6) is -0.895. The van der Waals surface area contributed by atoms with Crippen LogP contribution >= 0.6 is 0 Å². The maximum Gasteiger partial charge on any atom is 0.414 e. The summed E-state index contributed by atoms with van der Waals surface area (Å²) in [6.45, 7) is 3.87. The summed E-state index contributed by atoms with van der Waals surface area (Å²) in [7, 11) is 0. The van der Waals surface area contributed by atoms with Gasteiger partial charge >= 0.3 is 6.09 Å². The number of aliphatic hydroxyl groups excluding tert-OH is 1. The number of carbonyl (C=O) groups is 3. The van der Waals surface area contributed by atoms with Gasteiger partial charge in [0.2, 0.25) is 11.8 Å². The van der Waals surface area contributed by atoms with E-state index < -0.39 is 24.6 Å². The van der Waals surface area contributed by atoms with Gasteiger partial charge in [-0.3, -0.25) is 14.5 Å². The fourth-order valence-corrected chi connectivity index (χ4v) is 4.74. The highest BCUT2D eigenvalue weighted by atomic mass is 19.1. The van der Waals surface area contributed by atoms with Crippen LogP contribution in [-0.2, 0) is 14.3 Å². The normalized spacial score (nSPS) is 25.5. The van der Waals surface area contributed by atoms with Crippen LogP contribution in [0.2, 0.25) is 0 Å². The molecule has 0 bridgehead atoms. The Labute approximate surface area is 179 Å². The average molecular weight is 434 g/mol. The van der Waals surface area contributed by atoms with Crippen LogP contribution in [0.15, 0.2) is 18.2 Å². The number of rotatable bonds is 5. The lowest BCUT2D eigenvalue weighted by Gasteiger charge is -2.26. The zero-order chi connectivity index (χ0) is 22.2. The molecule has 4 rings (SSSR count). The molecule has 0 saturated carbocycles. The van der Waals surface area contributed by atoms with E-state index in [-0.39, 0.29) is 30.3 Å². The smallest absolute Gasteiger partial charge is 0.414 e. The minimum absolute atomic E-state index is 0.0777. The van der Waals surface area contributed by atoms with Gasteiger partial charge in [-0.15, -0.1) is 0 Å². The van der Waals surface area contributed by atoms with Crippen molar-refractivity contribution in [3.63, 3.8) is 0 Å². The number of hydrogen-bond donors (Lipinski definition) is 2. The largest absolute Gasteiger partial charge is 0.442 e. The maximum absolute atomic E-state index is 15.0. The van der Waals surface area contributed by atoms with Crippen LogP contribution in [-0.4, -0.2) is 79.9 Å². The Morgan fingerprint density at radius 2 is 2.06 bits per heavy atom. The average Bonchev–Trinajstić information content (AvgIpc) is 3.45. The van der Waals surface area contributed by atoms with E-state index in [1.54, 1.807) is 17.0 Å². The van der Waals surface area contributed by atoms with E-state index >= 15 is 0 Å². The van der Waals surface area contributed by atoms with Crippen molar-refractivity contribution in [3.8, 4) is 0 Å². The van der Waals surface area contributed by atoms with Crippen molar-refractivity contribution >= 4 is 29.3 Å². The summed E-state index contributed by atoms with van der Waals surface area (Å²) in [5, 5.41) is 11.7. The van der Waals surface area contributed by atoms with Gasteiger partial charge in [0.1, 0.15) is 18.5 Å². The number of nitrogens with one attached hydrogen (secondary N) is 1. The van der Waals surface area contributed by atoms with Gasteiger partial charge in [0.25, 0.3) is 0 Å². The predicted molar refractivity (Wildman–Crippen MR) is 110 cm³/mol. The maximum atomic E-state index is 15.0. The van der Waals surface area contributed by atoms with E-state index in [1.807, 2.05) is 4.90 Å². The molecule has 31 heavy (non-hydrogen) atoms. The summed E-state index contributed by atoms with van der Waals surface area (Å²) in [5.41, 5.74) is 0.798. The standard InChI is InChI=1S/C21H27FN4O5/c1-14(28)23-9-16-10-26(20(30)31-16)15-2-3-18(17(22)8-15)24-6-4-21(12-24)5-7-25(13-21)19(29)11-27/h2-3,8,16,27H,4-7,9-13H2,1H3,(H,23,28)/t16-,21?/m0/s1. The third-order valence-corrected chi connectivity index (χ3v) is 6.40. The van der Waals surface area contributed by atoms with Crippen molar-refractivity contribution in [2.75, 3.05) is 55.7 Å². The third kappa shape index (κ3) is 4.30. The van der Waals surface area contributed by atoms with Crippen LogP contribution in [0.3, 0.4) is 0 Å². The molecule has 0 aliphatic carbocycles. The zero-order valence-corrected chi connectivity index (χ0v) is 17.5. The second-order valence-corrected chi connectivity index (χ2v) is 8.58. The number of aliphatic hydroxyl groups is 1. The number of cyclic esters (lactones) is 1. The fraction of sp³-hybridized carbons (Fsp3) is 0.571. The van der Waals surface area contributed by atoms with Crippen LogP contribution in [0.1, 0.15) is 19.8 Å². The van der Waals surface area contributed by atoms with Crippen molar-refractivity contribution in [3.05, 3.63) is 24.0 Å². The molecule has 1 unspecified atom stereocenters. The highest BCUT2D eigenvalue weighted by molar-refractivity contribution is 5.90. The Bertz CT molecular complexity index is 897. The number of halogens is 1. The monoisotopic (exact) mass is 434 g/mol. The van der Waals surface area contributed by atoms with Crippen LogP contribution in [0.25, 0.3) is 0 Å². The fourth-order valence-electron chi connectivity index (χ4n) is 4.74. The third-order valence-electron chi connectivity index (χ3n) is 6.40.